The van der Waals surface area contributed by atoms with Gasteiger partial charge in [0.1, 0.15) is 5.75 Å². The van der Waals surface area contributed by atoms with Gasteiger partial charge in [-0.05, 0) is 12.1 Å². The van der Waals surface area contributed by atoms with Crippen LogP contribution in [0.3, 0.4) is 0 Å². The van der Waals surface area contributed by atoms with E-state index in [-0.39, 0.29) is 0 Å². The topological polar surface area (TPSA) is 53.1 Å². The lowest BCUT2D eigenvalue weighted by molar-refractivity contribution is 0.408. The van der Waals surface area contributed by atoms with E-state index >= 15 is 0 Å². The number of methoxy groups -OCH3 is 1. The molecule has 0 radical (unpaired) electrons. The molecule has 0 aliphatic carbocycles. The van der Waals surface area contributed by atoms with Crippen LogP contribution in [0.25, 0.3) is 21.3 Å². The maximum absolute atomic E-state index is 6.15. The van der Waals surface area contributed by atoms with E-state index in [1.807, 2.05) is 41.1 Å². The molecule has 0 amide bonds. The average molecular weight is 335 g/mol. The number of benzene rings is 2. The number of para-hydroxylation sites is 1. The lowest BCUT2D eigenvalue weighted by Gasteiger charge is -2.09. The van der Waals surface area contributed by atoms with E-state index in [0.717, 1.165) is 22.6 Å². The van der Waals surface area contributed by atoms with Crippen molar-refractivity contribution in [2.75, 3.05) is 12.8 Å². The lowest BCUT2D eigenvalue weighted by atomic mass is 10.1. The fraction of sp³-hybridized carbons (Fsp3) is 0.105. The number of imidazole rings is 1. The van der Waals surface area contributed by atoms with Crippen LogP contribution < -0.4 is 10.5 Å². The Balaban J connectivity index is 1.72. The second kappa shape index (κ2) is 6.02. The number of hydrogen-bond donors (Lipinski definition) is 1. The van der Waals surface area contributed by atoms with Crippen LogP contribution >= 0.6 is 11.3 Å². The first-order valence-corrected chi connectivity index (χ1v) is 8.55. The highest BCUT2D eigenvalue weighted by Crippen LogP contribution is 2.34. The summed E-state index contributed by atoms with van der Waals surface area (Å²) >= 11 is 1.72. The molecule has 0 saturated carbocycles. The van der Waals surface area contributed by atoms with Crippen LogP contribution in [0.1, 0.15) is 5.56 Å². The summed E-state index contributed by atoms with van der Waals surface area (Å²) in [5.41, 5.74) is 9.25. The first-order chi connectivity index (χ1) is 11.8. The van der Waals surface area contributed by atoms with Gasteiger partial charge in [-0.2, -0.15) is 0 Å². The van der Waals surface area contributed by atoms with Crippen LogP contribution in [0.15, 0.2) is 60.1 Å². The number of fused-ring (bicyclic) bond motifs is 1. The van der Waals surface area contributed by atoms with Crippen LogP contribution in [0, 0.1) is 0 Å². The quantitative estimate of drug-likeness (QED) is 0.601. The van der Waals surface area contributed by atoms with Crippen molar-refractivity contribution in [2.45, 2.75) is 6.54 Å². The normalized spacial score (nSPS) is 11.0. The molecule has 120 valence electrons. The highest BCUT2D eigenvalue weighted by atomic mass is 32.1. The van der Waals surface area contributed by atoms with E-state index in [9.17, 15) is 0 Å². The molecule has 0 atom stereocenters. The van der Waals surface area contributed by atoms with Crippen molar-refractivity contribution in [3.63, 3.8) is 0 Å². The minimum atomic E-state index is 0.506. The largest absolute Gasteiger partial charge is 0.496 e. The zero-order chi connectivity index (χ0) is 16.5. The van der Waals surface area contributed by atoms with Crippen molar-refractivity contribution in [3.8, 4) is 17.0 Å². The molecule has 0 unspecified atom stereocenters. The molecule has 4 rings (SSSR count). The summed E-state index contributed by atoms with van der Waals surface area (Å²) in [6, 6.07) is 16.3. The SMILES string of the molecule is COc1ccccc1Cn1cc(-c2csc3ccccc23)nc1N. The van der Waals surface area contributed by atoms with Gasteiger partial charge in [0.05, 0.1) is 19.3 Å². The maximum atomic E-state index is 6.15. The number of nitrogens with two attached hydrogens (primary N) is 1. The average Bonchev–Trinajstić information content (AvgIpc) is 3.19. The summed E-state index contributed by atoms with van der Waals surface area (Å²) in [4.78, 5) is 4.56. The summed E-state index contributed by atoms with van der Waals surface area (Å²) in [6.07, 6.45) is 2.01. The molecular formula is C19H17N3OS. The smallest absolute Gasteiger partial charge is 0.201 e. The molecule has 0 saturated heterocycles. The monoisotopic (exact) mass is 335 g/mol. The maximum Gasteiger partial charge on any atom is 0.201 e. The number of aromatic nitrogens is 2. The number of thiophene rings is 1. The number of ether oxygens (including phenoxy) is 1. The van der Waals surface area contributed by atoms with Gasteiger partial charge < -0.3 is 15.0 Å². The minimum Gasteiger partial charge on any atom is -0.496 e. The highest BCUT2D eigenvalue weighted by molar-refractivity contribution is 7.17. The number of hydrogen-bond acceptors (Lipinski definition) is 4. The van der Waals surface area contributed by atoms with Crippen LogP contribution in [-0.2, 0) is 6.54 Å². The van der Waals surface area contributed by atoms with Crippen molar-refractivity contribution < 1.29 is 4.74 Å². The zero-order valence-corrected chi connectivity index (χ0v) is 14.1. The molecule has 0 spiro atoms. The summed E-state index contributed by atoms with van der Waals surface area (Å²) in [5, 5.41) is 3.35. The second-order valence-corrected chi connectivity index (χ2v) is 6.48. The molecule has 0 fully saturated rings. The molecule has 2 N–H and O–H groups in total. The van der Waals surface area contributed by atoms with Gasteiger partial charge in [0, 0.05) is 32.8 Å². The van der Waals surface area contributed by atoms with Crippen LogP contribution in [0.4, 0.5) is 5.95 Å². The Bertz CT molecular complexity index is 1000. The molecule has 0 bridgehead atoms. The number of anilines is 1. The summed E-state index contributed by atoms with van der Waals surface area (Å²) in [7, 11) is 1.68. The Morgan fingerprint density at radius 1 is 1.12 bits per heavy atom. The Hall–Kier alpha value is -2.79. The molecule has 2 aromatic heterocycles. The summed E-state index contributed by atoms with van der Waals surface area (Å²) in [6.45, 7) is 0.630. The lowest BCUT2D eigenvalue weighted by Crippen LogP contribution is -2.04. The first-order valence-electron chi connectivity index (χ1n) is 7.67. The third kappa shape index (κ3) is 2.53. The fourth-order valence-electron chi connectivity index (χ4n) is 2.88. The van der Waals surface area contributed by atoms with Gasteiger partial charge in [-0.3, -0.25) is 0 Å². The van der Waals surface area contributed by atoms with E-state index in [2.05, 4.69) is 28.6 Å². The second-order valence-electron chi connectivity index (χ2n) is 5.57. The van der Waals surface area contributed by atoms with Crippen molar-refractivity contribution in [2.24, 2.45) is 0 Å². The van der Waals surface area contributed by atoms with Crippen molar-refractivity contribution >= 4 is 27.4 Å². The van der Waals surface area contributed by atoms with Crippen molar-refractivity contribution in [3.05, 3.63) is 65.7 Å². The van der Waals surface area contributed by atoms with E-state index in [4.69, 9.17) is 10.5 Å². The number of nitrogen functional groups attached to an aromatic ring is 1. The first kappa shape index (κ1) is 14.8. The van der Waals surface area contributed by atoms with Crippen molar-refractivity contribution in [1.82, 2.24) is 9.55 Å². The molecule has 4 nitrogen and oxygen atoms in total. The third-order valence-corrected chi connectivity index (χ3v) is 5.06. The fourth-order valence-corrected chi connectivity index (χ4v) is 3.83. The Labute approximate surface area is 144 Å². The zero-order valence-electron chi connectivity index (χ0n) is 13.3. The Kier molecular flexibility index (Phi) is 3.70. The van der Waals surface area contributed by atoms with Gasteiger partial charge in [-0.25, -0.2) is 4.98 Å². The Morgan fingerprint density at radius 3 is 2.79 bits per heavy atom. The summed E-state index contributed by atoms with van der Waals surface area (Å²) in [5.74, 6) is 1.36. The van der Waals surface area contributed by atoms with E-state index in [1.165, 1.54) is 10.1 Å². The highest BCUT2D eigenvalue weighted by Gasteiger charge is 2.13. The molecule has 5 heteroatoms. The standard InChI is InChI=1S/C19H17N3OS/c1-23-17-8-4-2-6-13(17)10-22-11-16(21-19(22)20)15-12-24-18-9-5-3-7-14(15)18/h2-9,11-12H,10H2,1H3,(H2,20,21). The van der Waals surface area contributed by atoms with E-state index in [0.29, 0.717) is 12.5 Å². The van der Waals surface area contributed by atoms with Gasteiger partial charge in [-0.1, -0.05) is 36.4 Å². The molecule has 0 aliphatic heterocycles. The van der Waals surface area contributed by atoms with Crippen LogP contribution in [-0.4, -0.2) is 16.7 Å². The molecular weight excluding hydrogens is 318 g/mol. The van der Waals surface area contributed by atoms with E-state index < -0.39 is 0 Å². The van der Waals surface area contributed by atoms with Crippen molar-refractivity contribution in [1.29, 1.82) is 0 Å². The molecule has 0 aliphatic rings. The van der Waals surface area contributed by atoms with Gasteiger partial charge in [0.15, 0.2) is 0 Å². The van der Waals surface area contributed by atoms with Crippen LogP contribution in [0.5, 0.6) is 5.75 Å². The predicted octanol–water partition coefficient (Wildman–Crippen LogP) is 4.40. The molecule has 2 aromatic carbocycles. The molecule has 4 aromatic rings. The van der Waals surface area contributed by atoms with Gasteiger partial charge in [0.2, 0.25) is 5.95 Å². The summed E-state index contributed by atoms with van der Waals surface area (Å²) < 4.78 is 8.63. The predicted molar refractivity (Wildman–Crippen MR) is 99.6 cm³/mol. The van der Waals surface area contributed by atoms with Gasteiger partial charge in [0.25, 0.3) is 0 Å². The molecule has 2 heterocycles. The number of nitrogens with zero attached hydrogens (tertiary/aromatic N) is 2. The van der Waals surface area contributed by atoms with E-state index in [1.54, 1.807) is 18.4 Å². The van der Waals surface area contributed by atoms with Crippen LogP contribution in [0.2, 0.25) is 0 Å². The number of rotatable bonds is 4. The van der Waals surface area contributed by atoms with Gasteiger partial charge in [-0.15, -0.1) is 11.3 Å². The molecule has 24 heavy (non-hydrogen) atoms. The minimum absolute atomic E-state index is 0.506. The third-order valence-electron chi connectivity index (χ3n) is 4.10. The van der Waals surface area contributed by atoms with Gasteiger partial charge >= 0.3 is 0 Å². The Morgan fingerprint density at radius 2 is 1.92 bits per heavy atom.